The van der Waals surface area contributed by atoms with Gasteiger partial charge in [0.15, 0.2) is 0 Å². The van der Waals surface area contributed by atoms with Crippen LogP contribution >= 0.6 is 0 Å². The quantitative estimate of drug-likeness (QED) is 0.0467. The SMILES string of the molecule is CCCC(=O)N(C)C(C[C@H](C)C/C=C/CCC#N)C(=O)N[C@@H](CC)C(=O)N(C)[C@H](C)C(=O)N(C)[C@@H](CC(C)C)C(=O)N[C@H](C(=O)N(C)[C@@H](CC(C)C)C(=O)N[C@H](C)C(=O)NC(=O)N(C)[C@@H](CC(C)C)C(=O)NC)C(C)C. The van der Waals surface area contributed by atoms with E-state index in [2.05, 4.69) is 32.7 Å². The Morgan fingerprint density at radius 1 is 0.539 bits per heavy atom. The van der Waals surface area contributed by atoms with Gasteiger partial charge in [-0.25, -0.2) is 4.79 Å². The van der Waals surface area contributed by atoms with E-state index in [1.54, 1.807) is 27.8 Å². The van der Waals surface area contributed by atoms with Crippen molar-refractivity contribution < 1.29 is 47.9 Å². The minimum Gasteiger partial charge on any atom is -0.357 e. The minimum absolute atomic E-state index is 0.0205. The molecule has 0 saturated carbocycles. The molecule has 0 saturated heterocycles. The Hall–Kier alpha value is -6.07. The molecule has 11 amide bonds. The Labute approximate surface area is 454 Å². The number of allylic oxidation sites excluding steroid dienone is 2. The van der Waals surface area contributed by atoms with Gasteiger partial charge >= 0.3 is 6.03 Å². The summed E-state index contributed by atoms with van der Waals surface area (Å²) >= 11 is 0. The number of carbonyl (C=O) groups excluding carboxylic acids is 10. The average Bonchev–Trinajstić information content (AvgIpc) is 3.35. The fourth-order valence-electron chi connectivity index (χ4n) is 8.52. The molecule has 0 spiro atoms. The smallest absolute Gasteiger partial charge is 0.324 e. The molecule has 1 unspecified atom stereocenters. The summed E-state index contributed by atoms with van der Waals surface area (Å²) in [5.41, 5.74) is 0. The van der Waals surface area contributed by atoms with Gasteiger partial charge in [-0.1, -0.05) is 88.3 Å². The summed E-state index contributed by atoms with van der Waals surface area (Å²) in [6.45, 7) is 23.2. The molecule has 0 aliphatic carbocycles. The molecule has 0 aliphatic rings. The number of unbranched alkanes of at least 4 members (excludes halogenated alkanes) is 1. The summed E-state index contributed by atoms with van der Waals surface area (Å²) in [4.78, 5) is 144. The molecule has 0 aliphatic heterocycles. The molecule has 0 rings (SSSR count). The van der Waals surface area contributed by atoms with Crippen molar-refractivity contribution in [2.45, 2.75) is 203 Å². The van der Waals surface area contributed by atoms with E-state index in [-0.39, 0.29) is 55.3 Å². The third kappa shape index (κ3) is 22.6. The van der Waals surface area contributed by atoms with Gasteiger partial charge in [0.25, 0.3) is 0 Å². The van der Waals surface area contributed by atoms with Crippen molar-refractivity contribution in [2.24, 2.45) is 29.6 Å². The molecule has 0 aromatic rings. The van der Waals surface area contributed by atoms with Gasteiger partial charge in [-0.3, -0.25) is 48.5 Å². The van der Waals surface area contributed by atoms with Crippen LogP contribution in [-0.2, 0) is 43.2 Å². The highest BCUT2D eigenvalue weighted by molar-refractivity contribution is 6.01. The molecule has 0 aromatic heterocycles. The number of nitrogens with one attached hydrogen (secondary N) is 5. The predicted octanol–water partition coefficient (Wildman–Crippen LogP) is 4.35. The maximum Gasteiger partial charge on any atom is 0.324 e. The zero-order valence-electron chi connectivity index (χ0n) is 49.5. The van der Waals surface area contributed by atoms with Crippen LogP contribution in [0.2, 0.25) is 0 Å². The number of rotatable bonds is 32. The first-order chi connectivity index (χ1) is 35.3. The van der Waals surface area contributed by atoms with E-state index in [1.165, 1.54) is 68.7 Å². The minimum atomic E-state index is -1.23. The number of urea groups is 1. The van der Waals surface area contributed by atoms with Gasteiger partial charge in [-0.15, -0.1) is 0 Å². The zero-order valence-corrected chi connectivity index (χ0v) is 49.5. The topological polar surface area (TPSA) is 271 Å². The van der Waals surface area contributed by atoms with Gasteiger partial charge < -0.3 is 45.8 Å². The maximum atomic E-state index is 14.4. The Morgan fingerprint density at radius 3 is 1.47 bits per heavy atom. The summed E-state index contributed by atoms with van der Waals surface area (Å²) in [7, 11) is 8.75. The molecule has 0 bridgehead atoms. The van der Waals surface area contributed by atoms with E-state index in [4.69, 9.17) is 5.26 Å². The highest BCUT2D eigenvalue weighted by atomic mass is 16.2. The molecular weight excluding hydrogens is 975 g/mol. The van der Waals surface area contributed by atoms with Crippen LogP contribution in [0.5, 0.6) is 0 Å². The number of amides is 11. The lowest BCUT2D eigenvalue weighted by Gasteiger charge is -2.37. The largest absolute Gasteiger partial charge is 0.357 e. The summed E-state index contributed by atoms with van der Waals surface area (Å²) in [6, 6.07) is -7.25. The van der Waals surface area contributed by atoms with Crippen molar-refractivity contribution in [1.29, 1.82) is 5.26 Å². The van der Waals surface area contributed by atoms with E-state index < -0.39 is 108 Å². The van der Waals surface area contributed by atoms with Crippen LogP contribution < -0.4 is 26.6 Å². The number of likely N-dealkylation sites (N-methyl/N-ethyl adjacent to an activating group) is 6. The Bertz CT molecular complexity index is 2020. The van der Waals surface area contributed by atoms with Crippen LogP contribution in [0.25, 0.3) is 0 Å². The molecule has 21 heteroatoms. The number of hydrogen-bond acceptors (Lipinski definition) is 11. The van der Waals surface area contributed by atoms with Gasteiger partial charge in [0.2, 0.25) is 53.2 Å². The van der Waals surface area contributed by atoms with Gasteiger partial charge in [0.05, 0.1) is 6.07 Å². The lowest BCUT2D eigenvalue weighted by Crippen LogP contribution is -2.61. The van der Waals surface area contributed by atoms with Gasteiger partial charge in [0.1, 0.15) is 48.3 Å². The standard InChI is InChI=1S/C55H97N11O10/c1-20-26-45(67)63(16)44(32-37(11)27-24-22-23-25-28-56)50(71)59-40(21-2)53(74)62(15)39(13)52(73)64(17)43(31-35(7)8)51(72)60-46(36(9)10)54(75)65(18)42(30-34(5)6)49(70)58-38(12)47(68)61-55(76)66(19)41(29-33(3)4)48(69)57-14/h22,24,33-44,46H,20-21,23,25-27,29-32H2,1-19H3,(H,57,69)(H,58,70)(H,59,71)(H,60,72)(H,61,68,76)/b24-22+/t37-,38-,39-,40+,41+,42+,43+,44?,46+/m1/s1. The molecule has 0 fully saturated rings. The van der Waals surface area contributed by atoms with E-state index in [9.17, 15) is 47.9 Å². The monoisotopic (exact) mass is 1070 g/mol. The van der Waals surface area contributed by atoms with Crippen LogP contribution in [0.3, 0.4) is 0 Å². The molecule has 76 heavy (non-hydrogen) atoms. The van der Waals surface area contributed by atoms with Gasteiger partial charge in [-0.2, -0.15) is 5.26 Å². The fourth-order valence-corrected chi connectivity index (χ4v) is 8.52. The van der Waals surface area contributed by atoms with E-state index >= 15 is 0 Å². The molecule has 0 heterocycles. The lowest BCUT2D eigenvalue weighted by atomic mass is 9.96. The fraction of sp³-hybridized carbons (Fsp3) is 0.764. The van der Waals surface area contributed by atoms with Crippen LogP contribution in [-0.4, -0.2) is 174 Å². The Morgan fingerprint density at radius 2 is 1.01 bits per heavy atom. The summed E-state index contributed by atoms with van der Waals surface area (Å²) < 4.78 is 0. The maximum absolute atomic E-state index is 14.4. The predicted molar refractivity (Wildman–Crippen MR) is 293 cm³/mol. The van der Waals surface area contributed by atoms with E-state index in [1.807, 2.05) is 67.5 Å². The first kappa shape index (κ1) is 69.9. The normalized spacial score (nSPS) is 15.0. The van der Waals surface area contributed by atoms with Gasteiger partial charge in [-0.05, 0) is 94.8 Å². The summed E-state index contributed by atoms with van der Waals surface area (Å²) in [6.07, 6.45) is 7.51. The van der Waals surface area contributed by atoms with Crippen molar-refractivity contribution >= 4 is 59.2 Å². The number of carbonyl (C=O) groups is 10. The van der Waals surface area contributed by atoms with Crippen molar-refractivity contribution in [3.05, 3.63) is 12.2 Å². The molecule has 21 nitrogen and oxygen atoms in total. The van der Waals surface area contributed by atoms with Crippen LogP contribution in [0, 0.1) is 40.9 Å². The van der Waals surface area contributed by atoms with E-state index in [0.717, 1.165) is 4.90 Å². The van der Waals surface area contributed by atoms with Crippen molar-refractivity contribution in [2.75, 3.05) is 42.3 Å². The lowest BCUT2D eigenvalue weighted by molar-refractivity contribution is -0.150. The zero-order chi connectivity index (χ0) is 58.9. The number of hydrogen-bond donors (Lipinski definition) is 5. The van der Waals surface area contributed by atoms with Gasteiger partial charge in [0, 0.05) is 55.1 Å². The number of nitriles is 1. The molecular formula is C55H97N11O10. The molecule has 5 N–H and O–H groups in total. The van der Waals surface area contributed by atoms with Crippen LogP contribution in [0.15, 0.2) is 12.2 Å². The van der Waals surface area contributed by atoms with Crippen molar-refractivity contribution in [3.63, 3.8) is 0 Å². The second kappa shape index (κ2) is 34.6. The second-order valence-corrected chi connectivity index (χ2v) is 21.9. The number of imide groups is 1. The third-order valence-corrected chi connectivity index (χ3v) is 13.6. The van der Waals surface area contributed by atoms with E-state index in [0.29, 0.717) is 38.5 Å². The molecule has 0 radical (unpaired) electrons. The third-order valence-electron chi connectivity index (χ3n) is 13.6. The first-order valence-corrected chi connectivity index (χ1v) is 27.1. The average molecular weight is 1070 g/mol. The Kier molecular flexibility index (Phi) is 31.8. The second-order valence-electron chi connectivity index (χ2n) is 21.9. The first-order valence-electron chi connectivity index (χ1n) is 27.1. The van der Waals surface area contributed by atoms with Crippen LogP contribution in [0.4, 0.5) is 4.79 Å². The molecule has 9 atom stereocenters. The Balaban J connectivity index is 6.47. The molecule has 0 aromatic carbocycles. The molecule has 432 valence electrons. The number of nitrogens with zero attached hydrogens (tertiary/aromatic N) is 6. The highest BCUT2D eigenvalue weighted by Crippen LogP contribution is 2.21. The van der Waals surface area contributed by atoms with Crippen molar-refractivity contribution in [3.8, 4) is 6.07 Å². The van der Waals surface area contributed by atoms with Crippen molar-refractivity contribution in [1.82, 2.24) is 51.1 Å². The summed E-state index contributed by atoms with van der Waals surface area (Å²) in [5, 5.41) is 22.0. The summed E-state index contributed by atoms with van der Waals surface area (Å²) in [5.74, 6) is -5.70. The van der Waals surface area contributed by atoms with Crippen LogP contribution in [0.1, 0.15) is 154 Å². The highest BCUT2D eigenvalue weighted by Gasteiger charge is 2.40.